The van der Waals surface area contributed by atoms with E-state index in [1.807, 2.05) is 11.8 Å². The number of nitrogens with zero attached hydrogens (tertiary/aromatic N) is 1. The van der Waals surface area contributed by atoms with Crippen LogP contribution < -0.4 is 10.5 Å². The Labute approximate surface area is 143 Å². The van der Waals surface area contributed by atoms with E-state index < -0.39 is 0 Å². The first-order valence-electron chi connectivity index (χ1n) is 8.01. The molecule has 2 rings (SSSR count). The third-order valence-corrected chi connectivity index (χ3v) is 4.09. The SMILES string of the molecule is CC(N)C1CCCCN1C(=O)CCCOc1ccc(F)cc1.Cl. The van der Waals surface area contributed by atoms with Gasteiger partial charge in [-0.05, 0) is 56.9 Å². The Morgan fingerprint density at radius 3 is 2.74 bits per heavy atom. The van der Waals surface area contributed by atoms with Crippen molar-refractivity contribution in [1.82, 2.24) is 4.90 Å². The smallest absolute Gasteiger partial charge is 0.222 e. The summed E-state index contributed by atoms with van der Waals surface area (Å²) in [5.74, 6) is 0.500. The minimum Gasteiger partial charge on any atom is -0.494 e. The van der Waals surface area contributed by atoms with Crippen LogP contribution in [0.3, 0.4) is 0 Å². The maximum atomic E-state index is 12.8. The Morgan fingerprint density at radius 1 is 1.39 bits per heavy atom. The number of rotatable bonds is 6. The maximum absolute atomic E-state index is 12.8. The average molecular weight is 345 g/mol. The van der Waals surface area contributed by atoms with E-state index in [9.17, 15) is 9.18 Å². The molecule has 23 heavy (non-hydrogen) atoms. The molecule has 0 aromatic heterocycles. The lowest BCUT2D eigenvalue weighted by molar-refractivity contribution is -0.135. The monoisotopic (exact) mass is 344 g/mol. The molecule has 2 N–H and O–H groups in total. The van der Waals surface area contributed by atoms with Crippen LogP contribution in [-0.4, -0.2) is 36.0 Å². The normalized spacial score (nSPS) is 18.9. The molecule has 0 radical (unpaired) electrons. The lowest BCUT2D eigenvalue weighted by Gasteiger charge is -2.38. The van der Waals surface area contributed by atoms with Gasteiger partial charge in [0, 0.05) is 25.0 Å². The summed E-state index contributed by atoms with van der Waals surface area (Å²) in [7, 11) is 0. The Hall–Kier alpha value is -1.33. The fourth-order valence-electron chi connectivity index (χ4n) is 2.90. The molecular weight excluding hydrogens is 319 g/mol. The molecule has 0 bridgehead atoms. The van der Waals surface area contributed by atoms with Crippen LogP contribution in [0, 0.1) is 5.82 Å². The van der Waals surface area contributed by atoms with Crippen LogP contribution in [0.15, 0.2) is 24.3 Å². The lowest BCUT2D eigenvalue weighted by Crippen LogP contribution is -2.51. The topological polar surface area (TPSA) is 55.6 Å². The predicted molar refractivity (Wildman–Crippen MR) is 91.4 cm³/mol. The molecule has 2 unspecified atom stereocenters. The molecule has 1 aliphatic heterocycles. The van der Waals surface area contributed by atoms with Crippen LogP contribution in [0.4, 0.5) is 4.39 Å². The minimum absolute atomic E-state index is 0. The Balaban J connectivity index is 0.00000264. The van der Waals surface area contributed by atoms with Crippen LogP contribution in [0.1, 0.15) is 39.0 Å². The van der Waals surface area contributed by atoms with Gasteiger partial charge < -0.3 is 15.4 Å². The number of halogens is 2. The molecule has 4 nitrogen and oxygen atoms in total. The number of ether oxygens (including phenoxy) is 1. The summed E-state index contributed by atoms with van der Waals surface area (Å²) in [6.07, 6.45) is 4.31. The Bertz CT molecular complexity index is 482. The summed E-state index contributed by atoms with van der Waals surface area (Å²) >= 11 is 0. The van der Waals surface area contributed by atoms with Crippen molar-refractivity contribution in [2.24, 2.45) is 5.73 Å². The summed E-state index contributed by atoms with van der Waals surface area (Å²) in [5, 5.41) is 0. The Morgan fingerprint density at radius 2 is 2.09 bits per heavy atom. The number of carbonyl (C=O) groups is 1. The third kappa shape index (κ3) is 5.99. The van der Waals surface area contributed by atoms with E-state index in [2.05, 4.69) is 0 Å². The number of benzene rings is 1. The number of likely N-dealkylation sites (tertiary alicyclic amines) is 1. The van der Waals surface area contributed by atoms with Crippen molar-refractivity contribution in [2.45, 2.75) is 51.1 Å². The Kier molecular flexibility index (Phi) is 8.34. The fourth-order valence-corrected chi connectivity index (χ4v) is 2.90. The van der Waals surface area contributed by atoms with Crippen molar-refractivity contribution in [3.63, 3.8) is 0 Å². The molecule has 0 aliphatic carbocycles. The number of carbonyl (C=O) groups excluding carboxylic acids is 1. The summed E-state index contributed by atoms with van der Waals surface area (Å²) in [4.78, 5) is 14.3. The lowest BCUT2D eigenvalue weighted by atomic mass is 9.96. The highest BCUT2D eigenvalue weighted by Crippen LogP contribution is 2.20. The van der Waals surface area contributed by atoms with Crippen molar-refractivity contribution in [3.05, 3.63) is 30.1 Å². The van der Waals surface area contributed by atoms with Crippen LogP contribution in [-0.2, 0) is 4.79 Å². The van der Waals surface area contributed by atoms with Gasteiger partial charge in [-0.3, -0.25) is 4.79 Å². The van der Waals surface area contributed by atoms with Crippen molar-refractivity contribution >= 4 is 18.3 Å². The molecule has 6 heteroatoms. The van der Waals surface area contributed by atoms with Crippen LogP contribution in [0.2, 0.25) is 0 Å². The van der Waals surface area contributed by atoms with Gasteiger partial charge in [0.25, 0.3) is 0 Å². The summed E-state index contributed by atoms with van der Waals surface area (Å²) in [6.45, 7) is 3.23. The molecule has 1 aliphatic rings. The quantitative estimate of drug-likeness (QED) is 0.807. The van der Waals surface area contributed by atoms with Gasteiger partial charge in [-0.15, -0.1) is 12.4 Å². The number of hydrogen-bond acceptors (Lipinski definition) is 3. The van der Waals surface area contributed by atoms with Gasteiger partial charge in [-0.2, -0.15) is 0 Å². The van der Waals surface area contributed by atoms with E-state index in [4.69, 9.17) is 10.5 Å². The molecule has 0 saturated carbocycles. The van der Waals surface area contributed by atoms with Crippen molar-refractivity contribution in [1.29, 1.82) is 0 Å². The molecule has 1 saturated heterocycles. The molecule has 1 aromatic carbocycles. The molecule has 1 fully saturated rings. The molecule has 0 spiro atoms. The van der Waals surface area contributed by atoms with Crippen molar-refractivity contribution < 1.29 is 13.9 Å². The second-order valence-corrected chi connectivity index (χ2v) is 5.92. The van der Waals surface area contributed by atoms with E-state index in [-0.39, 0.29) is 36.2 Å². The second kappa shape index (κ2) is 9.73. The minimum atomic E-state index is -0.283. The van der Waals surface area contributed by atoms with Gasteiger partial charge in [0.2, 0.25) is 5.91 Å². The zero-order valence-electron chi connectivity index (χ0n) is 13.5. The molecule has 130 valence electrons. The van der Waals surface area contributed by atoms with Gasteiger partial charge in [0.15, 0.2) is 0 Å². The van der Waals surface area contributed by atoms with E-state index in [1.165, 1.54) is 12.1 Å². The zero-order chi connectivity index (χ0) is 15.9. The van der Waals surface area contributed by atoms with Gasteiger partial charge in [0.1, 0.15) is 11.6 Å². The number of nitrogens with two attached hydrogens (primary N) is 1. The number of amides is 1. The standard InChI is InChI=1S/C17H25FN2O2.ClH/c1-13(19)16-5-2-3-11-20(16)17(21)6-4-12-22-15-9-7-14(18)8-10-15;/h7-10,13,16H,2-6,11-12,19H2,1H3;1H. The number of hydrogen-bond donors (Lipinski definition) is 1. The summed E-state index contributed by atoms with van der Waals surface area (Å²) < 4.78 is 18.3. The van der Waals surface area contributed by atoms with Crippen molar-refractivity contribution in [2.75, 3.05) is 13.2 Å². The van der Waals surface area contributed by atoms with E-state index in [0.29, 0.717) is 25.2 Å². The summed E-state index contributed by atoms with van der Waals surface area (Å²) in [5.41, 5.74) is 5.99. The van der Waals surface area contributed by atoms with E-state index in [1.54, 1.807) is 12.1 Å². The number of piperidine rings is 1. The third-order valence-electron chi connectivity index (χ3n) is 4.09. The fraction of sp³-hybridized carbons (Fsp3) is 0.588. The highest BCUT2D eigenvalue weighted by Gasteiger charge is 2.28. The van der Waals surface area contributed by atoms with Crippen LogP contribution in [0.25, 0.3) is 0 Å². The van der Waals surface area contributed by atoms with Gasteiger partial charge in [-0.25, -0.2) is 4.39 Å². The second-order valence-electron chi connectivity index (χ2n) is 5.92. The van der Waals surface area contributed by atoms with Gasteiger partial charge in [-0.1, -0.05) is 0 Å². The van der Waals surface area contributed by atoms with Gasteiger partial charge in [0.05, 0.1) is 6.61 Å². The zero-order valence-corrected chi connectivity index (χ0v) is 14.4. The molecular formula is C17H26ClFN2O2. The predicted octanol–water partition coefficient (Wildman–Crippen LogP) is 3.13. The molecule has 1 amide bonds. The van der Waals surface area contributed by atoms with Crippen molar-refractivity contribution in [3.8, 4) is 5.75 Å². The summed E-state index contributed by atoms with van der Waals surface area (Å²) in [6, 6.07) is 6.09. The highest BCUT2D eigenvalue weighted by molar-refractivity contribution is 5.85. The first kappa shape index (κ1) is 19.7. The first-order chi connectivity index (χ1) is 10.6. The molecule has 1 heterocycles. The molecule has 1 aromatic rings. The van der Waals surface area contributed by atoms with Gasteiger partial charge >= 0.3 is 0 Å². The van der Waals surface area contributed by atoms with E-state index in [0.717, 1.165) is 25.8 Å². The highest BCUT2D eigenvalue weighted by atomic mass is 35.5. The average Bonchev–Trinajstić information content (AvgIpc) is 2.53. The first-order valence-corrected chi connectivity index (χ1v) is 8.01. The van der Waals surface area contributed by atoms with Crippen LogP contribution in [0.5, 0.6) is 5.75 Å². The van der Waals surface area contributed by atoms with E-state index >= 15 is 0 Å². The largest absolute Gasteiger partial charge is 0.494 e. The maximum Gasteiger partial charge on any atom is 0.222 e. The molecule has 2 atom stereocenters. The van der Waals surface area contributed by atoms with Crippen LogP contribution >= 0.6 is 12.4 Å².